The molecular weight excluding hydrogens is 244 g/mol. The van der Waals surface area contributed by atoms with Gasteiger partial charge in [-0.15, -0.1) is 0 Å². The van der Waals surface area contributed by atoms with Crippen LogP contribution in [0.2, 0.25) is 0 Å². The highest BCUT2D eigenvalue weighted by Crippen LogP contribution is 2.14. The van der Waals surface area contributed by atoms with Crippen molar-refractivity contribution in [1.82, 2.24) is 10.2 Å². The van der Waals surface area contributed by atoms with Crippen LogP contribution in [0.1, 0.15) is 33.6 Å². The van der Waals surface area contributed by atoms with Crippen LogP contribution in [-0.4, -0.2) is 62.4 Å². The smallest absolute Gasteiger partial charge is 0.325 e. The number of nitrogens with zero attached hydrogens (tertiary/aromatic N) is 1. The molecule has 0 bridgehead atoms. The summed E-state index contributed by atoms with van der Waals surface area (Å²) in [6.45, 7) is 10.5. The van der Waals surface area contributed by atoms with E-state index < -0.39 is 5.54 Å². The molecule has 0 saturated carbocycles. The van der Waals surface area contributed by atoms with Gasteiger partial charge < -0.3 is 19.7 Å². The Bertz CT molecular complexity index is 286. The van der Waals surface area contributed by atoms with Crippen molar-refractivity contribution in [3.05, 3.63) is 0 Å². The summed E-state index contributed by atoms with van der Waals surface area (Å²) in [6, 6.07) is 0. The molecule has 19 heavy (non-hydrogen) atoms. The first kappa shape index (κ1) is 16.4. The summed E-state index contributed by atoms with van der Waals surface area (Å²) in [7, 11) is 1.44. The zero-order valence-corrected chi connectivity index (χ0v) is 12.7. The number of nitrogens with one attached hydrogen (secondary N) is 1. The minimum Gasteiger partial charge on any atom is -0.468 e. The molecule has 0 aromatic carbocycles. The van der Waals surface area contributed by atoms with Gasteiger partial charge in [0.05, 0.1) is 13.2 Å². The Morgan fingerprint density at radius 1 is 1.58 bits per heavy atom. The fourth-order valence-corrected chi connectivity index (χ4v) is 2.54. The second kappa shape index (κ2) is 7.82. The van der Waals surface area contributed by atoms with Crippen LogP contribution in [0.3, 0.4) is 0 Å². The Hall–Kier alpha value is -0.650. The fourth-order valence-electron chi connectivity index (χ4n) is 2.54. The number of carbonyl (C=O) groups is 1. The molecule has 1 fully saturated rings. The molecule has 0 aliphatic carbocycles. The van der Waals surface area contributed by atoms with Crippen LogP contribution in [0.15, 0.2) is 0 Å². The van der Waals surface area contributed by atoms with Crippen molar-refractivity contribution in [2.24, 2.45) is 0 Å². The first-order valence-corrected chi connectivity index (χ1v) is 7.19. The van der Waals surface area contributed by atoms with E-state index >= 15 is 0 Å². The monoisotopic (exact) mass is 272 g/mol. The molecule has 0 radical (unpaired) electrons. The molecule has 0 aromatic rings. The highest BCUT2D eigenvalue weighted by Gasteiger charge is 2.33. The highest BCUT2D eigenvalue weighted by molar-refractivity contribution is 5.80. The van der Waals surface area contributed by atoms with Gasteiger partial charge in [-0.3, -0.25) is 4.79 Å². The third kappa shape index (κ3) is 5.09. The van der Waals surface area contributed by atoms with Gasteiger partial charge in [0.2, 0.25) is 0 Å². The maximum absolute atomic E-state index is 11.9. The van der Waals surface area contributed by atoms with E-state index in [4.69, 9.17) is 9.47 Å². The average Bonchev–Trinajstić information content (AvgIpc) is 2.60. The van der Waals surface area contributed by atoms with E-state index in [0.29, 0.717) is 0 Å². The predicted octanol–water partition coefficient (Wildman–Crippen LogP) is 1.03. The molecule has 5 heteroatoms. The van der Waals surface area contributed by atoms with Crippen molar-refractivity contribution in [1.29, 1.82) is 0 Å². The zero-order valence-electron chi connectivity index (χ0n) is 12.7. The number of methoxy groups -OCH3 is 1. The van der Waals surface area contributed by atoms with E-state index in [1.807, 2.05) is 13.8 Å². The highest BCUT2D eigenvalue weighted by atomic mass is 16.5. The molecule has 0 spiro atoms. The largest absolute Gasteiger partial charge is 0.468 e. The lowest BCUT2D eigenvalue weighted by molar-refractivity contribution is -0.148. The molecular formula is C14H28N2O3. The van der Waals surface area contributed by atoms with Crippen molar-refractivity contribution < 1.29 is 14.3 Å². The van der Waals surface area contributed by atoms with Gasteiger partial charge >= 0.3 is 5.97 Å². The lowest BCUT2D eigenvalue weighted by Crippen LogP contribution is -2.52. The van der Waals surface area contributed by atoms with E-state index in [9.17, 15) is 4.79 Å². The van der Waals surface area contributed by atoms with Crippen LogP contribution in [0, 0.1) is 0 Å². The summed E-state index contributed by atoms with van der Waals surface area (Å²) < 4.78 is 10.5. The molecule has 1 rings (SSSR count). The molecule has 1 heterocycles. The van der Waals surface area contributed by atoms with Crippen molar-refractivity contribution in [2.75, 3.05) is 39.9 Å². The van der Waals surface area contributed by atoms with E-state index in [2.05, 4.69) is 17.1 Å². The first-order chi connectivity index (χ1) is 9.01. The summed E-state index contributed by atoms with van der Waals surface area (Å²) >= 11 is 0. The second-order valence-electron chi connectivity index (χ2n) is 5.44. The van der Waals surface area contributed by atoms with E-state index in [1.54, 1.807) is 0 Å². The van der Waals surface area contributed by atoms with Gasteiger partial charge in [-0.2, -0.15) is 0 Å². The molecule has 1 N–H and O–H groups in total. The molecule has 112 valence electrons. The van der Waals surface area contributed by atoms with Crippen molar-refractivity contribution >= 4 is 5.97 Å². The molecule has 5 nitrogen and oxygen atoms in total. The summed E-state index contributed by atoms with van der Waals surface area (Å²) in [5, 5.41) is 3.24. The van der Waals surface area contributed by atoms with E-state index in [0.717, 1.165) is 45.6 Å². The number of esters is 1. The van der Waals surface area contributed by atoms with Gasteiger partial charge in [0.25, 0.3) is 0 Å². The van der Waals surface area contributed by atoms with Crippen LogP contribution in [0.25, 0.3) is 0 Å². The molecule has 1 aliphatic heterocycles. The lowest BCUT2D eigenvalue weighted by Gasteiger charge is -2.31. The average molecular weight is 272 g/mol. The van der Waals surface area contributed by atoms with Gasteiger partial charge in [0.1, 0.15) is 5.54 Å². The molecule has 0 amide bonds. The molecule has 1 saturated heterocycles. The zero-order chi connectivity index (χ0) is 14.3. The molecule has 0 aromatic heterocycles. The third-order valence-corrected chi connectivity index (χ3v) is 3.67. The fraction of sp³-hybridized carbons (Fsp3) is 0.929. The summed E-state index contributed by atoms with van der Waals surface area (Å²) in [6.07, 6.45) is 2.08. The Morgan fingerprint density at radius 3 is 2.95 bits per heavy atom. The minimum absolute atomic E-state index is 0.187. The van der Waals surface area contributed by atoms with Crippen molar-refractivity contribution in [3.8, 4) is 0 Å². The quantitative estimate of drug-likeness (QED) is 0.732. The Kier molecular flexibility index (Phi) is 6.75. The topological polar surface area (TPSA) is 50.8 Å². The van der Waals surface area contributed by atoms with Crippen LogP contribution >= 0.6 is 0 Å². The van der Waals surface area contributed by atoms with Crippen LogP contribution in [0.5, 0.6) is 0 Å². The normalized spacial score (nSPS) is 24.5. The first-order valence-electron chi connectivity index (χ1n) is 7.19. The van der Waals surface area contributed by atoms with Gasteiger partial charge in [-0.25, -0.2) is 0 Å². The number of ether oxygens (including phenoxy) is 2. The third-order valence-electron chi connectivity index (χ3n) is 3.67. The molecule has 1 aliphatic rings. The molecule has 2 atom stereocenters. The standard InChI is InChI=1S/C14H28N2O3/c1-5-15-14(3,13(17)18-4)7-9-16-8-6-10-19-12(2)11-16/h12,15H,5-11H2,1-4H3. The van der Waals surface area contributed by atoms with Crippen LogP contribution in [-0.2, 0) is 14.3 Å². The maximum atomic E-state index is 11.9. The van der Waals surface area contributed by atoms with Crippen LogP contribution in [0.4, 0.5) is 0 Å². The summed E-state index contributed by atoms with van der Waals surface area (Å²) in [5.41, 5.74) is -0.597. The summed E-state index contributed by atoms with van der Waals surface area (Å²) in [4.78, 5) is 14.3. The number of carbonyl (C=O) groups excluding carboxylic acids is 1. The number of hydrogen-bond donors (Lipinski definition) is 1. The summed E-state index contributed by atoms with van der Waals surface area (Å²) in [5.74, 6) is -0.187. The Morgan fingerprint density at radius 2 is 2.32 bits per heavy atom. The van der Waals surface area contributed by atoms with E-state index in [1.165, 1.54) is 7.11 Å². The number of hydrogen-bond acceptors (Lipinski definition) is 5. The molecule has 2 unspecified atom stereocenters. The van der Waals surface area contributed by atoms with Gasteiger partial charge in [0.15, 0.2) is 0 Å². The van der Waals surface area contributed by atoms with Gasteiger partial charge in [-0.1, -0.05) is 6.92 Å². The number of likely N-dealkylation sites (N-methyl/N-ethyl adjacent to an activating group) is 1. The predicted molar refractivity (Wildman–Crippen MR) is 75.2 cm³/mol. The van der Waals surface area contributed by atoms with E-state index in [-0.39, 0.29) is 12.1 Å². The SMILES string of the molecule is CCNC(C)(CCN1CCCOC(C)C1)C(=O)OC. The van der Waals surface area contributed by atoms with Crippen molar-refractivity contribution in [3.63, 3.8) is 0 Å². The number of rotatable bonds is 6. The van der Waals surface area contributed by atoms with Gasteiger partial charge in [0, 0.05) is 26.2 Å². The Labute approximate surface area is 116 Å². The van der Waals surface area contributed by atoms with Gasteiger partial charge in [-0.05, 0) is 33.2 Å². The van der Waals surface area contributed by atoms with Crippen molar-refractivity contribution in [2.45, 2.75) is 45.3 Å². The Balaban J connectivity index is 2.52. The maximum Gasteiger partial charge on any atom is 0.325 e. The minimum atomic E-state index is -0.597. The van der Waals surface area contributed by atoms with Crippen LogP contribution < -0.4 is 5.32 Å². The second-order valence-corrected chi connectivity index (χ2v) is 5.44. The lowest BCUT2D eigenvalue weighted by atomic mass is 9.97.